The number of hydrogen-bond acceptors (Lipinski definition) is 3. The maximum Gasteiger partial charge on any atom is 0.293 e. The fourth-order valence-electron chi connectivity index (χ4n) is 1.73. The lowest BCUT2D eigenvalue weighted by Crippen LogP contribution is -2.05. The molecule has 0 saturated heterocycles. The Morgan fingerprint density at radius 1 is 1.39 bits per heavy atom. The molecule has 0 aromatic heterocycles. The number of nitrogens with zero attached hydrogens (tertiary/aromatic N) is 1. The summed E-state index contributed by atoms with van der Waals surface area (Å²) < 4.78 is 0. The molecule has 4 nitrogen and oxygen atoms in total. The molecule has 5 heteroatoms. The van der Waals surface area contributed by atoms with Crippen LogP contribution < -0.4 is 5.32 Å². The molecular weight excluding hydrogens is 252 g/mol. The summed E-state index contributed by atoms with van der Waals surface area (Å²) in [6.45, 7) is 5.08. The Hall–Kier alpha value is -1.29. The molecule has 0 unspecified atom stereocenters. The van der Waals surface area contributed by atoms with Gasteiger partial charge in [-0.3, -0.25) is 10.1 Å². The van der Waals surface area contributed by atoms with E-state index < -0.39 is 4.92 Å². The highest BCUT2D eigenvalue weighted by molar-refractivity contribution is 6.33. The van der Waals surface area contributed by atoms with Crippen molar-refractivity contribution in [3.63, 3.8) is 0 Å². The largest absolute Gasteiger partial charge is 0.378 e. The van der Waals surface area contributed by atoms with E-state index in [0.717, 1.165) is 12.8 Å². The summed E-state index contributed by atoms with van der Waals surface area (Å²) in [5, 5.41) is 14.3. The van der Waals surface area contributed by atoms with E-state index in [0.29, 0.717) is 23.2 Å². The van der Waals surface area contributed by atoms with Gasteiger partial charge in [-0.25, -0.2) is 0 Å². The summed E-state index contributed by atoms with van der Waals surface area (Å²) in [6.07, 6.45) is 3.27. The highest BCUT2D eigenvalue weighted by Crippen LogP contribution is 2.31. The Morgan fingerprint density at radius 2 is 2.11 bits per heavy atom. The monoisotopic (exact) mass is 270 g/mol. The Morgan fingerprint density at radius 3 is 2.72 bits per heavy atom. The minimum atomic E-state index is -0.414. The fourth-order valence-corrected chi connectivity index (χ4v) is 1.97. The predicted molar refractivity (Wildman–Crippen MR) is 75.3 cm³/mol. The Bertz CT molecular complexity index is 408. The molecule has 1 aromatic carbocycles. The lowest BCUT2D eigenvalue weighted by atomic mass is 10.1. The molecule has 0 aliphatic heterocycles. The number of hydrogen-bond donors (Lipinski definition) is 1. The van der Waals surface area contributed by atoms with Crippen LogP contribution in [0.1, 0.15) is 33.1 Å². The molecule has 0 aliphatic rings. The van der Waals surface area contributed by atoms with E-state index in [9.17, 15) is 10.1 Å². The van der Waals surface area contributed by atoms with Crippen molar-refractivity contribution in [2.75, 3.05) is 11.9 Å². The Kier molecular flexibility index (Phi) is 5.92. The molecule has 18 heavy (non-hydrogen) atoms. The van der Waals surface area contributed by atoms with Crippen LogP contribution in [-0.4, -0.2) is 11.5 Å². The maximum absolute atomic E-state index is 10.9. The van der Waals surface area contributed by atoms with E-state index in [1.807, 2.05) is 0 Å². The molecule has 0 aliphatic carbocycles. The second-order valence-corrected chi connectivity index (χ2v) is 5.11. The second-order valence-electron chi connectivity index (χ2n) is 4.71. The fraction of sp³-hybridized carbons (Fsp3) is 0.538. The Balaban J connectivity index is 2.53. The first-order valence-electron chi connectivity index (χ1n) is 6.19. The van der Waals surface area contributed by atoms with Crippen LogP contribution >= 0.6 is 11.6 Å². The van der Waals surface area contributed by atoms with Crippen molar-refractivity contribution in [2.24, 2.45) is 5.92 Å². The van der Waals surface area contributed by atoms with Gasteiger partial charge in [0.1, 0.15) is 5.69 Å². The van der Waals surface area contributed by atoms with Gasteiger partial charge >= 0.3 is 0 Å². The molecule has 0 amide bonds. The number of unbranched alkanes of at least 4 members (excludes halogenated alkanes) is 1. The average Bonchev–Trinajstić information content (AvgIpc) is 2.29. The van der Waals surface area contributed by atoms with Gasteiger partial charge in [0.25, 0.3) is 5.69 Å². The normalized spacial score (nSPS) is 10.7. The zero-order valence-electron chi connectivity index (χ0n) is 10.8. The number of rotatable bonds is 7. The molecule has 0 saturated carbocycles. The van der Waals surface area contributed by atoms with E-state index >= 15 is 0 Å². The van der Waals surface area contributed by atoms with Crippen molar-refractivity contribution in [2.45, 2.75) is 33.1 Å². The predicted octanol–water partition coefficient (Wildman–Crippen LogP) is 4.49. The first-order valence-corrected chi connectivity index (χ1v) is 6.57. The Labute approximate surface area is 112 Å². The molecule has 1 aromatic rings. The second kappa shape index (κ2) is 7.21. The van der Waals surface area contributed by atoms with Crippen LogP contribution in [0.5, 0.6) is 0 Å². The molecule has 0 atom stereocenters. The molecule has 1 N–H and O–H groups in total. The first kappa shape index (κ1) is 14.8. The van der Waals surface area contributed by atoms with Gasteiger partial charge in [0, 0.05) is 12.6 Å². The van der Waals surface area contributed by atoms with E-state index in [1.165, 1.54) is 12.5 Å². The number of nitro benzene ring substituents is 1. The van der Waals surface area contributed by atoms with Gasteiger partial charge in [-0.15, -0.1) is 0 Å². The van der Waals surface area contributed by atoms with Crippen molar-refractivity contribution in [1.82, 2.24) is 0 Å². The van der Waals surface area contributed by atoms with E-state index in [2.05, 4.69) is 19.2 Å². The molecule has 0 radical (unpaired) electrons. The van der Waals surface area contributed by atoms with Crippen LogP contribution in [0.3, 0.4) is 0 Å². The van der Waals surface area contributed by atoms with Crippen molar-refractivity contribution < 1.29 is 4.92 Å². The van der Waals surface area contributed by atoms with Gasteiger partial charge in [0.15, 0.2) is 0 Å². The van der Waals surface area contributed by atoms with E-state index in [1.54, 1.807) is 12.1 Å². The van der Waals surface area contributed by atoms with Crippen LogP contribution in [0.15, 0.2) is 18.2 Å². The van der Waals surface area contributed by atoms with Gasteiger partial charge in [-0.2, -0.15) is 0 Å². The average molecular weight is 271 g/mol. The topological polar surface area (TPSA) is 55.2 Å². The van der Waals surface area contributed by atoms with E-state index in [-0.39, 0.29) is 5.69 Å². The van der Waals surface area contributed by atoms with Crippen LogP contribution in [-0.2, 0) is 0 Å². The number of benzene rings is 1. The van der Waals surface area contributed by atoms with Crippen molar-refractivity contribution in [3.05, 3.63) is 33.3 Å². The summed E-state index contributed by atoms with van der Waals surface area (Å²) in [4.78, 5) is 10.4. The SMILES string of the molecule is CC(C)CCCCNc1c(Cl)cccc1[N+](=O)[O-]. The lowest BCUT2D eigenvalue weighted by molar-refractivity contribution is -0.383. The molecule has 1 rings (SSSR count). The summed E-state index contributed by atoms with van der Waals surface area (Å²) >= 11 is 5.97. The van der Waals surface area contributed by atoms with Crippen molar-refractivity contribution >= 4 is 23.0 Å². The number of para-hydroxylation sites is 1. The number of halogens is 1. The number of anilines is 1. The quantitative estimate of drug-likeness (QED) is 0.451. The molecule has 0 fully saturated rings. The van der Waals surface area contributed by atoms with Crippen molar-refractivity contribution in [1.29, 1.82) is 0 Å². The molecule has 0 bridgehead atoms. The van der Waals surface area contributed by atoms with E-state index in [4.69, 9.17) is 11.6 Å². The maximum atomic E-state index is 10.9. The highest BCUT2D eigenvalue weighted by Gasteiger charge is 2.15. The van der Waals surface area contributed by atoms with Gasteiger partial charge in [0.2, 0.25) is 0 Å². The van der Waals surface area contributed by atoms with Gasteiger partial charge in [-0.05, 0) is 18.4 Å². The van der Waals surface area contributed by atoms with Crippen molar-refractivity contribution in [3.8, 4) is 0 Å². The molecule has 0 heterocycles. The zero-order chi connectivity index (χ0) is 13.5. The minimum absolute atomic E-state index is 0.0337. The zero-order valence-corrected chi connectivity index (χ0v) is 11.5. The van der Waals surface area contributed by atoms with Crippen LogP contribution in [0, 0.1) is 16.0 Å². The van der Waals surface area contributed by atoms with Crippen LogP contribution in [0.2, 0.25) is 5.02 Å². The third kappa shape index (κ3) is 4.53. The molecular formula is C13H19ClN2O2. The van der Waals surface area contributed by atoms with Gasteiger partial charge < -0.3 is 5.32 Å². The van der Waals surface area contributed by atoms with Crippen LogP contribution in [0.25, 0.3) is 0 Å². The summed E-state index contributed by atoms with van der Waals surface area (Å²) in [5.74, 6) is 0.694. The summed E-state index contributed by atoms with van der Waals surface area (Å²) in [7, 11) is 0. The summed E-state index contributed by atoms with van der Waals surface area (Å²) in [6, 6.07) is 4.71. The van der Waals surface area contributed by atoms with Gasteiger partial charge in [0.05, 0.1) is 9.95 Å². The highest BCUT2D eigenvalue weighted by atomic mass is 35.5. The van der Waals surface area contributed by atoms with Crippen LogP contribution in [0.4, 0.5) is 11.4 Å². The third-order valence-corrected chi connectivity index (χ3v) is 3.01. The van der Waals surface area contributed by atoms with Gasteiger partial charge in [-0.1, -0.05) is 44.4 Å². The molecule has 100 valence electrons. The minimum Gasteiger partial charge on any atom is -0.378 e. The third-order valence-electron chi connectivity index (χ3n) is 2.70. The molecule has 0 spiro atoms. The number of nitro groups is 1. The first-order chi connectivity index (χ1) is 8.52. The summed E-state index contributed by atoms with van der Waals surface area (Å²) in [5.41, 5.74) is 0.458. The smallest absolute Gasteiger partial charge is 0.293 e. The lowest BCUT2D eigenvalue weighted by Gasteiger charge is -2.09. The number of nitrogens with one attached hydrogen (secondary N) is 1. The standard InChI is InChI=1S/C13H19ClN2O2/c1-10(2)6-3-4-9-15-13-11(14)7-5-8-12(13)16(17)18/h5,7-8,10,15H,3-4,6,9H2,1-2H3.